The lowest BCUT2D eigenvalue weighted by Gasteiger charge is -2.10. The van der Waals surface area contributed by atoms with Gasteiger partial charge in [-0.15, -0.1) is 11.3 Å². The Hall–Kier alpha value is -2.49. The van der Waals surface area contributed by atoms with Gasteiger partial charge in [-0.2, -0.15) is 0 Å². The molecular formula is C22H23N3O3S3. The summed E-state index contributed by atoms with van der Waals surface area (Å²) >= 11 is 7.99. The molecule has 0 radical (unpaired) electrons. The van der Waals surface area contributed by atoms with Crippen molar-refractivity contribution < 1.29 is 14.3 Å². The van der Waals surface area contributed by atoms with Crippen LogP contribution in [0.5, 0.6) is 0 Å². The Bertz CT molecular complexity index is 1060. The van der Waals surface area contributed by atoms with Gasteiger partial charge in [-0.1, -0.05) is 42.5 Å². The number of benzene rings is 1. The second kappa shape index (κ2) is 10.2. The lowest BCUT2D eigenvalue weighted by Crippen LogP contribution is -2.26. The van der Waals surface area contributed by atoms with E-state index in [4.69, 9.17) is 17.0 Å². The molecule has 2 heterocycles. The van der Waals surface area contributed by atoms with E-state index in [2.05, 4.69) is 4.99 Å². The van der Waals surface area contributed by atoms with Gasteiger partial charge in [0, 0.05) is 31.1 Å². The molecule has 0 saturated carbocycles. The molecule has 2 aromatic rings. The molecule has 3 rings (SSSR count). The van der Waals surface area contributed by atoms with Gasteiger partial charge in [0.1, 0.15) is 15.6 Å². The van der Waals surface area contributed by atoms with E-state index < -0.39 is 5.97 Å². The molecule has 1 aromatic heterocycles. The number of esters is 1. The average Bonchev–Trinajstić information content (AvgIpc) is 3.23. The SMILES string of the molecule is CCOC(=O)c1c(N=CN(C)C)sc(C=C2SC(=O)N(CC)C2=S)c1-c1ccccc1. The summed E-state index contributed by atoms with van der Waals surface area (Å²) in [4.78, 5) is 35.1. The highest BCUT2D eigenvalue weighted by Crippen LogP contribution is 2.45. The van der Waals surface area contributed by atoms with Crippen molar-refractivity contribution >= 4 is 68.9 Å². The zero-order chi connectivity index (χ0) is 22.5. The van der Waals surface area contributed by atoms with Crippen molar-refractivity contribution in [1.29, 1.82) is 0 Å². The predicted molar refractivity (Wildman–Crippen MR) is 133 cm³/mol. The standard InChI is InChI=1S/C22H23N3O3S3/c1-5-25-20(29)16(31-22(25)27)12-15-17(14-10-8-7-9-11-14)18(21(26)28-6-2)19(30-15)23-13-24(3)4/h7-13H,5-6H2,1-4H3. The first-order valence-corrected chi connectivity index (χ1v) is 11.8. The smallest absolute Gasteiger partial charge is 0.341 e. The fraction of sp³-hybridized carbons (Fsp3) is 0.273. The van der Waals surface area contributed by atoms with Crippen molar-refractivity contribution in [1.82, 2.24) is 9.80 Å². The molecule has 0 atom stereocenters. The summed E-state index contributed by atoms with van der Waals surface area (Å²) in [5.41, 5.74) is 2.01. The van der Waals surface area contributed by atoms with Crippen molar-refractivity contribution in [2.24, 2.45) is 4.99 Å². The molecule has 1 fully saturated rings. The third-order valence-corrected chi connectivity index (χ3v) is 6.86. The Labute approximate surface area is 195 Å². The number of rotatable bonds is 7. The van der Waals surface area contributed by atoms with Crippen LogP contribution in [0.3, 0.4) is 0 Å². The molecule has 0 spiro atoms. The van der Waals surface area contributed by atoms with Gasteiger partial charge in [-0.25, -0.2) is 9.79 Å². The first kappa shape index (κ1) is 23.2. The molecule has 0 N–H and O–H groups in total. The highest BCUT2D eigenvalue weighted by atomic mass is 32.2. The highest BCUT2D eigenvalue weighted by Gasteiger charge is 2.32. The molecule has 1 saturated heterocycles. The number of thiocarbonyl (C=S) groups is 1. The highest BCUT2D eigenvalue weighted by molar-refractivity contribution is 8.19. The summed E-state index contributed by atoms with van der Waals surface area (Å²) < 4.78 is 5.36. The van der Waals surface area contributed by atoms with Crippen LogP contribution in [-0.2, 0) is 4.74 Å². The fourth-order valence-electron chi connectivity index (χ4n) is 2.97. The first-order valence-electron chi connectivity index (χ1n) is 9.72. The van der Waals surface area contributed by atoms with E-state index in [1.165, 1.54) is 11.3 Å². The van der Waals surface area contributed by atoms with Crippen molar-refractivity contribution in [3.63, 3.8) is 0 Å². The van der Waals surface area contributed by atoms with Crippen LogP contribution < -0.4 is 0 Å². The van der Waals surface area contributed by atoms with Crippen LogP contribution >= 0.6 is 35.3 Å². The van der Waals surface area contributed by atoms with Crippen LogP contribution in [0, 0.1) is 0 Å². The maximum absolute atomic E-state index is 13.0. The Morgan fingerprint density at radius 3 is 2.55 bits per heavy atom. The maximum atomic E-state index is 13.0. The van der Waals surface area contributed by atoms with Crippen LogP contribution in [-0.4, -0.2) is 59.6 Å². The molecule has 1 amide bonds. The number of carbonyl (C=O) groups excluding carboxylic acids is 2. The molecule has 0 bridgehead atoms. The molecular weight excluding hydrogens is 450 g/mol. The molecule has 162 valence electrons. The predicted octanol–water partition coefficient (Wildman–Crippen LogP) is 5.67. The van der Waals surface area contributed by atoms with Gasteiger partial charge in [0.05, 0.1) is 17.9 Å². The lowest BCUT2D eigenvalue weighted by molar-refractivity contribution is 0.0529. The van der Waals surface area contributed by atoms with Crippen LogP contribution in [0.4, 0.5) is 9.80 Å². The summed E-state index contributed by atoms with van der Waals surface area (Å²) in [6.07, 6.45) is 3.53. The van der Waals surface area contributed by atoms with E-state index in [0.717, 1.165) is 27.8 Å². The zero-order valence-electron chi connectivity index (χ0n) is 17.7. The van der Waals surface area contributed by atoms with Crippen LogP contribution in [0.1, 0.15) is 29.1 Å². The van der Waals surface area contributed by atoms with E-state index in [1.807, 2.05) is 57.4 Å². The number of ether oxygens (including phenoxy) is 1. The second-order valence-electron chi connectivity index (χ2n) is 6.74. The van der Waals surface area contributed by atoms with Gasteiger partial charge in [-0.3, -0.25) is 9.69 Å². The Morgan fingerprint density at radius 2 is 1.97 bits per heavy atom. The van der Waals surface area contributed by atoms with Crippen molar-refractivity contribution in [2.45, 2.75) is 13.8 Å². The van der Waals surface area contributed by atoms with Gasteiger partial charge in [0.15, 0.2) is 0 Å². The van der Waals surface area contributed by atoms with Crippen molar-refractivity contribution in [3.8, 4) is 11.1 Å². The molecule has 1 aliphatic rings. The van der Waals surface area contributed by atoms with E-state index in [1.54, 1.807) is 23.1 Å². The van der Waals surface area contributed by atoms with Gasteiger partial charge in [0.2, 0.25) is 0 Å². The largest absolute Gasteiger partial charge is 0.462 e. The molecule has 0 aliphatic carbocycles. The number of nitrogens with zero attached hydrogens (tertiary/aromatic N) is 3. The van der Waals surface area contributed by atoms with Gasteiger partial charge in [0.25, 0.3) is 5.24 Å². The van der Waals surface area contributed by atoms with Crippen LogP contribution in [0.15, 0.2) is 40.2 Å². The van der Waals surface area contributed by atoms with Gasteiger partial charge < -0.3 is 9.64 Å². The lowest BCUT2D eigenvalue weighted by atomic mass is 10.0. The molecule has 6 nitrogen and oxygen atoms in total. The fourth-order valence-corrected chi connectivity index (χ4v) is 5.49. The van der Waals surface area contributed by atoms with E-state index >= 15 is 0 Å². The average molecular weight is 474 g/mol. The topological polar surface area (TPSA) is 62.2 Å². The minimum Gasteiger partial charge on any atom is -0.462 e. The van der Waals surface area contributed by atoms with E-state index in [-0.39, 0.29) is 11.8 Å². The quantitative estimate of drug-likeness (QED) is 0.170. The second-order valence-corrected chi connectivity index (χ2v) is 9.15. The van der Waals surface area contributed by atoms with E-state index in [9.17, 15) is 9.59 Å². The summed E-state index contributed by atoms with van der Waals surface area (Å²) in [6, 6.07) is 9.63. The number of thiophene rings is 1. The number of aliphatic imine (C=N–C) groups is 1. The minimum absolute atomic E-state index is 0.0898. The summed E-state index contributed by atoms with van der Waals surface area (Å²) in [7, 11) is 3.72. The molecule has 9 heteroatoms. The van der Waals surface area contributed by atoms with Crippen LogP contribution in [0.2, 0.25) is 0 Å². The van der Waals surface area contributed by atoms with Gasteiger partial charge in [-0.05, 0) is 37.2 Å². The number of carbonyl (C=O) groups is 2. The molecule has 1 aromatic carbocycles. The number of likely N-dealkylation sites (N-methyl/N-ethyl adjacent to an activating group) is 1. The Balaban J connectivity index is 2.24. The third-order valence-electron chi connectivity index (χ3n) is 4.32. The summed E-state index contributed by atoms with van der Waals surface area (Å²) in [6.45, 7) is 4.44. The minimum atomic E-state index is -0.430. The Morgan fingerprint density at radius 1 is 1.26 bits per heavy atom. The first-order chi connectivity index (χ1) is 14.9. The number of amides is 1. The summed E-state index contributed by atoms with van der Waals surface area (Å²) in [5.74, 6) is -0.430. The van der Waals surface area contributed by atoms with Gasteiger partial charge >= 0.3 is 5.97 Å². The van der Waals surface area contributed by atoms with Crippen molar-refractivity contribution in [2.75, 3.05) is 27.2 Å². The number of thioether (sulfide) groups is 1. The normalized spacial score (nSPS) is 15.4. The maximum Gasteiger partial charge on any atom is 0.341 e. The van der Waals surface area contributed by atoms with Crippen molar-refractivity contribution in [3.05, 3.63) is 45.7 Å². The third kappa shape index (κ3) is 5.06. The van der Waals surface area contributed by atoms with E-state index in [0.29, 0.717) is 27.0 Å². The van der Waals surface area contributed by atoms with Crippen LogP contribution in [0.25, 0.3) is 17.2 Å². The molecule has 1 aliphatic heterocycles. The molecule has 31 heavy (non-hydrogen) atoms. The summed E-state index contributed by atoms with van der Waals surface area (Å²) in [5, 5.41) is 0.457. The zero-order valence-corrected chi connectivity index (χ0v) is 20.2. The monoisotopic (exact) mass is 473 g/mol. The number of hydrogen-bond acceptors (Lipinski definition) is 7. The Kier molecular flexibility index (Phi) is 7.64. The number of hydrogen-bond donors (Lipinski definition) is 0. The molecule has 0 unspecified atom stereocenters.